The third-order valence-electron chi connectivity index (χ3n) is 5.64. The van der Waals surface area contributed by atoms with E-state index in [-0.39, 0.29) is 11.5 Å². The maximum atomic E-state index is 13.5. The Morgan fingerprint density at radius 1 is 1.03 bits per heavy atom. The molecule has 0 spiro atoms. The summed E-state index contributed by atoms with van der Waals surface area (Å²) in [6.07, 6.45) is 0. The molecule has 0 fully saturated rings. The zero-order valence-corrected chi connectivity index (χ0v) is 19.9. The van der Waals surface area contributed by atoms with Gasteiger partial charge in [0.1, 0.15) is 5.82 Å². The molecule has 33 heavy (non-hydrogen) atoms. The first-order valence-electron chi connectivity index (χ1n) is 10.8. The molecule has 168 valence electrons. The molecule has 0 saturated carbocycles. The van der Waals surface area contributed by atoms with E-state index < -0.39 is 6.04 Å². The van der Waals surface area contributed by atoms with E-state index >= 15 is 0 Å². The van der Waals surface area contributed by atoms with Crippen LogP contribution < -0.4 is 11.3 Å². The molecule has 0 aliphatic heterocycles. The van der Waals surface area contributed by atoms with Gasteiger partial charge in [-0.15, -0.1) is 0 Å². The van der Waals surface area contributed by atoms with Crippen molar-refractivity contribution in [3.8, 4) is 0 Å². The van der Waals surface area contributed by atoms with E-state index in [9.17, 15) is 9.59 Å². The average molecular weight is 505 g/mol. The van der Waals surface area contributed by atoms with Crippen LogP contribution in [-0.2, 0) is 6.54 Å². The molecule has 0 aliphatic carbocycles. The Balaban J connectivity index is 1.83. The minimum atomic E-state index is -0.467. The minimum Gasteiger partial charge on any atom is -0.329 e. The zero-order chi connectivity index (χ0) is 23.4. The second-order valence-electron chi connectivity index (χ2n) is 7.83. The second-order valence-corrected chi connectivity index (χ2v) is 8.75. The van der Waals surface area contributed by atoms with Crippen LogP contribution in [0.25, 0.3) is 10.9 Å². The van der Waals surface area contributed by atoms with Crippen LogP contribution in [0.5, 0.6) is 0 Å². The number of halogens is 1. The Morgan fingerprint density at radius 2 is 1.70 bits per heavy atom. The second kappa shape index (κ2) is 10.1. The number of benzene rings is 3. The molecule has 0 aliphatic rings. The molecule has 1 amide bonds. The topological polar surface area (TPSA) is 81.2 Å². The Bertz CT molecular complexity index is 1320. The number of rotatable bonds is 7. The molecular weight excluding hydrogens is 480 g/mol. The molecule has 0 saturated heterocycles. The van der Waals surface area contributed by atoms with Gasteiger partial charge in [0.05, 0.1) is 23.5 Å². The van der Waals surface area contributed by atoms with Crippen LogP contribution in [0, 0.1) is 0 Å². The van der Waals surface area contributed by atoms with Gasteiger partial charge in [-0.05, 0) is 48.9 Å². The SMILES string of the molecule is CC(c1nc2ccccc2c(=O)n1Cc1ccccc1)N(CCN)C(=O)c1ccc(Br)cc1. The molecule has 1 unspecified atom stereocenters. The van der Waals surface area contributed by atoms with E-state index in [4.69, 9.17) is 10.7 Å². The van der Waals surface area contributed by atoms with E-state index in [0.717, 1.165) is 10.0 Å². The van der Waals surface area contributed by atoms with E-state index in [2.05, 4.69) is 15.9 Å². The van der Waals surface area contributed by atoms with Crippen molar-refractivity contribution >= 4 is 32.7 Å². The van der Waals surface area contributed by atoms with E-state index in [0.29, 0.717) is 41.9 Å². The first-order valence-corrected chi connectivity index (χ1v) is 11.6. The van der Waals surface area contributed by atoms with Gasteiger partial charge >= 0.3 is 0 Å². The smallest absolute Gasteiger partial charge is 0.261 e. The third-order valence-corrected chi connectivity index (χ3v) is 6.17. The molecule has 3 aromatic carbocycles. The highest BCUT2D eigenvalue weighted by atomic mass is 79.9. The Hall–Kier alpha value is -3.29. The fourth-order valence-electron chi connectivity index (χ4n) is 3.93. The van der Waals surface area contributed by atoms with Crippen molar-refractivity contribution in [1.82, 2.24) is 14.5 Å². The van der Waals surface area contributed by atoms with E-state index in [1.807, 2.05) is 67.6 Å². The van der Waals surface area contributed by atoms with Crippen LogP contribution in [0.1, 0.15) is 34.7 Å². The van der Waals surface area contributed by atoms with Gasteiger partial charge in [-0.2, -0.15) is 0 Å². The average Bonchev–Trinajstić information content (AvgIpc) is 2.84. The van der Waals surface area contributed by atoms with Crippen LogP contribution in [0.15, 0.2) is 88.1 Å². The molecule has 0 bridgehead atoms. The molecule has 2 N–H and O–H groups in total. The molecule has 4 aromatic rings. The quantitative estimate of drug-likeness (QED) is 0.405. The van der Waals surface area contributed by atoms with Gasteiger partial charge in [-0.25, -0.2) is 4.98 Å². The summed E-state index contributed by atoms with van der Waals surface area (Å²) < 4.78 is 2.56. The molecule has 4 rings (SSSR count). The largest absolute Gasteiger partial charge is 0.329 e. The van der Waals surface area contributed by atoms with Gasteiger partial charge in [0, 0.05) is 23.1 Å². The predicted octanol–water partition coefficient (Wildman–Crippen LogP) is 4.37. The van der Waals surface area contributed by atoms with Crippen LogP contribution in [-0.4, -0.2) is 33.4 Å². The van der Waals surface area contributed by atoms with Crippen LogP contribution >= 0.6 is 15.9 Å². The normalized spacial score (nSPS) is 12.0. The third kappa shape index (κ3) is 4.89. The molecule has 1 heterocycles. The molecule has 1 atom stereocenters. The summed E-state index contributed by atoms with van der Waals surface area (Å²) in [6, 6.07) is 23.8. The van der Waals surface area contributed by atoms with Crippen molar-refractivity contribution in [2.24, 2.45) is 5.73 Å². The summed E-state index contributed by atoms with van der Waals surface area (Å²) in [5.74, 6) is 0.371. The van der Waals surface area contributed by atoms with Gasteiger partial charge in [0.25, 0.3) is 11.5 Å². The van der Waals surface area contributed by atoms with Gasteiger partial charge in [-0.1, -0.05) is 58.4 Å². The number of amides is 1. The van der Waals surface area contributed by atoms with Crippen molar-refractivity contribution in [3.05, 3.63) is 111 Å². The highest BCUT2D eigenvalue weighted by molar-refractivity contribution is 9.10. The monoisotopic (exact) mass is 504 g/mol. The molecular formula is C26H25BrN4O2. The summed E-state index contributed by atoms with van der Waals surface area (Å²) in [5, 5.41) is 0.550. The predicted molar refractivity (Wildman–Crippen MR) is 134 cm³/mol. The molecule has 6 nitrogen and oxygen atoms in total. The van der Waals surface area contributed by atoms with Crippen LogP contribution in [0.4, 0.5) is 0 Å². The number of carbonyl (C=O) groups is 1. The number of hydrogen-bond acceptors (Lipinski definition) is 4. The van der Waals surface area contributed by atoms with Gasteiger partial charge in [0.2, 0.25) is 0 Å². The number of aromatic nitrogens is 2. The maximum absolute atomic E-state index is 13.5. The molecule has 7 heteroatoms. The number of fused-ring (bicyclic) bond motifs is 1. The lowest BCUT2D eigenvalue weighted by Gasteiger charge is -2.30. The highest BCUT2D eigenvalue weighted by Crippen LogP contribution is 2.23. The number of nitrogens with zero attached hydrogens (tertiary/aromatic N) is 3. The van der Waals surface area contributed by atoms with Crippen molar-refractivity contribution in [3.63, 3.8) is 0 Å². The van der Waals surface area contributed by atoms with Crippen LogP contribution in [0.2, 0.25) is 0 Å². The highest BCUT2D eigenvalue weighted by Gasteiger charge is 2.26. The van der Waals surface area contributed by atoms with Crippen molar-refractivity contribution in [2.75, 3.05) is 13.1 Å². The Labute approximate surface area is 200 Å². The summed E-state index contributed by atoms with van der Waals surface area (Å²) in [6.45, 7) is 2.89. The lowest BCUT2D eigenvalue weighted by Crippen LogP contribution is -2.40. The molecule has 0 radical (unpaired) electrons. The lowest BCUT2D eigenvalue weighted by atomic mass is 10.1. The zero-order valence-electron chi connectivity index (χ0n) is 18.3. The van der Waals surface area contributed by atoms with Crippen molar-refractivity contribution in [2.45, 2.75) is 19.5 Å². The van der Waals surface area contributed by atoms with E-state index in [1.165, 1.54) is 0 Å². The Morgan fingerprint density at radius 3 is 2.39 bits per heavy atom. The standard InChI is InChI=1S/C26H25BrN4O2/c1-18(30(16-15-28)25(32)20-11-13-21(27)14-12-20)24-29-23-10-6-5-9-22(23)26(33)31(24)17-19-7-3-2-4-8-19/h2-14,18H,15-17,28H2,1H3. The summed E-state index contributed by atoms with van der Waals surface area (Å²) in [7, 11) is 0. The molecule has 1 aromatic heterocycles. The fraction of sp³-hybridized carbons (Fsp3) is 0.192. The summed E-state index contributed by atoms with van der Waals surface area (Å²) in [5.41, 5.74) is 7.89. The first kappa shape index (κ1) is 22.9. The minimum absolute atomic E-state index is 0.130. The van der Waals surface area contributed by atoms with Gasteiger partial charge in [-0.3, -0.25) is 14.2 Å². The summed E-state index contributed by atoms with van der Waals surface area (Å²) in [4.78, 5) is 33.5. The van der Waals surface area contributed by atoms with E-state index in [1.54, 1.807) is 27.7 Å². The maximum Gasteiger partial charge on any atom is 0.261 e. The summed E-state index contributed by atoms with van der Waals surface area (Å²) >= 11 is 3.41. The lowest BCUT2D eigenvalue weighted by molar-refractivity contribution is 0.0686. The van der Waals surface area contributed by atoms with Gasteiger partial charge in [0.15, 0.2) is 0 Å². The number of para-hydroxylation sites is 1. The number of nitrogens with two attached hydrogens (primary N) is 1. The number of hydrogen-bond donors (Lipinski definition) is 1. The fourth-order valence-corrected chi connectivity index (χ4v) is 4.20. The first-order chi connectivity index (χ1) is 16.0. The Kier molecular flexibility index (Phi) is 7.01. The number of carbonyl (C=O) groups excluding carboxylic acids is 1. The van der Waals surface area contributed by atoms with Crippen molar-refractivity contribution < 1.29 is 4.79 Å². The van der Waals surface area contributed by atoms with Crippen LogP contribution in [0.3, 0.4) is 0 Å². The van der Waals surface area contributed by atoms with Crippen molar-refractivity contribution in [1.29, 1.82) is 0 Å². The van der Waals surface area contributed by atoms with Gasteiger partial charge < -0.3 is 10.6 Å².